The maximum Gasteiger partial charge on any atom is 0.421 e. The summed E-state index contributed by atoms with van der Waals surface area (Å²) in [6.07, 6.45) is -1.16. The molecule has 5 nitrogen and oxygen atoms in total. The fourth-order valence-corrected chi connectivity index (χ4v) is 3.02. The van der Waals surface area contributed by atoms with Crippen molar-refractivity contribution in [1.82, 2.24) is 9.97 Å². The van der Waals surface area contributed by atoms with E-state index in [1.54, 1.807) is 24.3 Å². The molecule has 0 fully saturated rings. The van der Waals surface area contributed by atoms with Gasteiger partial charge in [-0.2, -0.15) is 18.2 Å². The van der Waals surface area contributed by atoms with Crippen LogP contribution < -0.4 is 15.4 Å². The van der Waals surface area contributed by atoms with Gasteiger partial charge in [0.1, 0.15) is 17.1 Å². The van der Waals surface area contributed by atoms with Crippen LogP contribution in [0.2, 0.25) is 0 Å². The zero-order valence-corrected chi connectivity index (χ0v) is 18.3. The van der Waals surface area contributed by atoms with Gasteiger partial charge < -0.3 is 15.4 Å². The molecule has 1 unspecified atom stereocenters. The lowest BCUT2D eigenvalue weighted by Gasteiger charge is -2.19. The summed E-state index contributed by atoms with van der Waals surface area (Å²) in [5.74, 6) is 0.163. The van der Waals surface area contributed by atoms with E-state index in [1.165, 1.54) is 5.56 Å². The highest BCUT2D eigenvalue weighted by atomic mass is 19.4. The molecule has 0 saturated heterocycles. The van der Waals surface area contributed by atoms with Crippen molar-refractivity contribution in [1.29, 1.82) is 0 Å². The molecule has 0 saturated carbocycles. The number of nitrogens with one attached hydrogen (secondary N) is 2. The van der Waals surface area contributed by atoms with Crippen LogP contribution in [-0.4, -0.2) is 16.1 Å². The summed E-state index contributed by atoms with van der Waals surface area (Å²) < 4.78 is 46.7. The number of benzene rings is 2. The number of hydrogen-bond donors (Lipinski definition) is 2. The molecule has 0 aliphatic carbocycles. The molecule has 3 rings (SSSR count). The van der Waals surface area contributed by atoms with Crippen molar-refractivity contribution in [2.45, 2.75) is 52.3 Å². The molecule has 1 heterocycles. The minimum absolute atomic E-state index is 0.0593. The molecule has 3 aromatic rings. The molecule has 0 bridgehead atoms. The molecule has 0 amide bonds. The molecule has 0 aliphatic heterocycles. The van der Waals surface area contributed by atoms with E-state index in [2.05, 4.69) is 27.5 Å². The van der Waals surface area contributed by atoms with Crippen LogP contribution in [0.25, 0.3) is 0 Å². The first-order valence-corrected chi connectivity index (χ1v) is 10.6. The number of rotatable bonds is 9. The highest BCUT2D eigenvalue weighted by Crippen LogP contribution is 2.37. The highest BCUT2D eigenvalue weighted by molar-refractivity contribution is 5.67. The number of ether oxygens (including phenoxy) is 1. The molecular formula is C24H27F3N4O. The molecule has 1 atom stereocenters. The Morgan fingerprint density at radius 3 is 2.38 bits per heavy atom. The molecule has 0 spiro atoms. The van der Waals surface area contributed by atoms with Crippen LogP contribution in [0.3, 0.4) is 0 Å². The van der Waals surface area contributed by atoms with Gasteiger partial charge in [0, 0.05) is 11.9 Å². The van der Waals surface area contributed by atoms with Crippen molar-refractivity contribution >= 4 is 23.1 Å². The van der Waals surface area contributed by atoms with E-state index in [4.69, 9.17) is 4.74 Å². The van der Waals surface area contributed by atoms with Crippen molar-refractivity contribution in [2.24, 2.45) is 0 Å². The normalized spacial score (nSPS) is 12.3. The van der Waals surface area contributed by atoms with Gasteiger partial charge in [-0.05, 0) is 49.6 Å². The minimum Gasteiger partial charge on any atom is -0.489 e. The van der Waals surface area contributed by atoms with E-state index in [0.29, 0.717) is 17.1 Å². The quantitative estimate of drug-likeness (QED) is 0.368. The molecule has 32 heavy (non-hydrogen) atoms. The van der Waals surface area contributed by atoms with Crippen molar-refractivity contribution in [2.75, 3.05) is 10.6 Å². The van der Waals surface area contributed by atoms with Crippen LogP contribution in [0.1, 0.15) is 44.7 Å². The number of anilines is 4. The summed E-state index contributed by atoms with van der Waals surface area (Å²) in [5, 5.41) is 5.77. The SMILES string of the molecule is CCCc1ccc(Nc2ncc(C(F)(F)F)c(Nc3ccccc3OC(C)CC)n2)cc1. The molecule has 1 aromatic heterocycles. The predicted octanol–water partition coefficient (Wildman–Crippen LogP) is 7.11. The fourth-order valence-electron chi connectivity index (χ4n) is 3.02. The van der Waals surface area contributed by atoms with E-state index in [-0.39, 0.29) is 17.9 Å². The van der Waals surface area contributed by atoms with Gasteiger partial charge in [-0.1, -0.05) is 44.5 Å². The van der Waals surface area contributed by atoms with Crippen LogP contribution in [-0.2, 0) is 12.6 Å². The second-order valence-corrected chi connectivity index (χ2v) is 7.48. The van der Waals surface area contributed by atoms with Gasteiger partial charge in [-0.15, -0.1) is 0 Å². The summed E-state index contributed by atoms with van der Waals surface area (Å²) in [7, 11) is 0. The Morgan fingerprint density at radius 1 is 1.00 bits per heavy atom. The minimum atomic E-state index is -4.62. The van der Waals surface area contributed by atoms with Crippen LogP contribution in [0.5, 0.6) is 5.75 Å². The van der Waals surface area contributed by atoms with Gasteiger partial charge in [0.25, 0.3) is 0 Å². The predicted molar refractivity (Wildman–Crippen MR) is 121 cm³/mol. The smallest absolute Gasteiger partial charge is 0.421 e. The molecule has 170 valence electrons. The molecular weight excluding hydrogens is 417 g/mol. The summed E-state index contributed by atoms with van der Waals surface area (Å²) in [4.78, 5) is 7.99. The van der Waals surface area contributed by atoms with Gasteiger partial charge in [-0.3, -0.25) is 0 Å². The number of para-hydroxylation sites is 2. The average molecular weight is 445 g/mol. The van der Waals surface area contributed by atoms with Crippen LogP contribution in [0, 0.1) is 0 Å². The Labute approximate surface area is 186 Å². The third-order valence-electron chi connectivity index (χ3n) is 4.89. The number of aryl methyl sites for hydroxylation is 1. The summed E-state index contributed by atoms with van der Waals surface area (Å²) in [6, 6.07) is 14.5. The van der Waals surface area contributed by atoms with Crippen molar-refractivity contribution in [3.05, 3.63) is 65.9 Å². The highest BCUT2D eigenvalue weighted by Gasteiger charge is 2.35. The Kier molecular flexibility index (Phi) is 7.56. The lowest BCUT2D eigenvalue weighted by Crippen LogP contribution is -2.14. The standard InChI is InChI=1S/C24H27F3N4O/c1-4-8-17-11-13-18(14-12-17)29-23-28-15-19(24(25,26)27)22(31-23)30-20-9-6-7-10-21(20)32-16(3)5-2/h6-7,9-16H,4-5,8H2,1-3H3,(H2,28,29,30,31). The van der Waals surface area contributed by atoms with Crippen molar-refractivity contribution < 1.29 is 17.9 Å². The fraction of sp³-hybridized carbons (Fsp3) is 0.333. The summed E-state index contributed by atoms with van der Waals surface area (Å²) >= 11 is 0. The van der Waals surface area contributed by atoms with Crippen molar-refractivity contribution in [3.8, 4) is 5.75 Å². The summed E-state index contributed by atoms with van der Waals surface area (Å²) in [5.41, 5.74) is 1.31. The number of halogens is 3. The zero-order chi connectivity index (χ0) is 23.1. The average Bonchev–Trinajstić information content (AvgIpc) is 2.76. The number of aromatic nitrogens is 2. The topological polar surface area (TPSA) is 59.1 Å². The summed E-state index contributed by atoms with van der Waals surface area (Å²) in [6.45, 7) is 5.97. The first kappa shape index (κ1) is 23.4. The second kappa shape index (κ2) is 10.3. The lowest BCUT2D eigenvalue weighted by atomic mass is 10.1. The monoisotopic (exact) mass is 444 g/mol. The van der Waals surface area contributed by atoms with E-state index < -0.39 is 11.7 Å². The van der Waals surface area contributed by atoms with E-state index in [9.17, 15) is 13.2 Å². The molecule has 2 N–H and O–H groups in total. The molecule has 0 radical (unpaired) electrons. The number of nitrogens with zero attached hydrogens (tertiary/aromatic N) is 2. The largest absolute Gasteiger partial charge is 0.489 e. The van der Waals surface area contributed by atoms with E-state index in [0.717, 1.165) is 25.5 Å². The van der Waals surface area contributed by atoms with E-state index >= 15 is 0 Å². The molecule has 2 aromatic carbocycles. The van der Waals surface area contributed by atoms with Gasteiger partial charge in [0.05, 0.1) is 11.8 Å². The Hall–Kier alpha value is -3.29. The molecule has 8 heteroatoms. The third-order valence-corrected chi connectivity index (χ3v) is 4.89. The number of alkyl halides is 3. The Bertz CT molecular complexity index is 1020. The zero-order valence-electron chi connectivity index (χ0n) is 18.3. The van der Waals surface area contributed by atoms with Crippen LogP contribution >= 0.6 is 0 Å². The Balaban J connectivity index is 1.90. The molecule has 0 aliphatic rings. The maximum atomic E-state index is 13.6. The number of hydrogen-bond acceptors (Lipinski definition) is 5. The maximum absolute atomic E-state index is 13.6. The first-order chi connectivity index (χ1) is 15.3. The van der Waals surface area contributed by atoms with Gasteiger partial charge >= 0.3 is 6.18 Å². The lowest BCUT2D eigenvalue weighted by molar-refractivity contribution is -0.137. The van der Waals surface area contributed by atoms with Gasteiger partial charge in [-0.25, -0.2) is 4.98 Å². The third kappa shape index (κ3) is 6.12. The first-order valence-electron chi connectivity index (χ1n) is 10.6. The van der Waals surface area contributed by atoms with Gasteiger partial charge in [0.15, 0.2) is 0 Å². The van der Waals surface area contributed by atoms with Crippen molar-refractivity contribution in [3.63, 3.8) is 0 Å². The van der Waals surface area contributed by atoms with Gasteiger partial charge in [0.2, 0.25) is 5.95 Å². The van der Waals surface area contributed by atoms with Crippen LogP contribution in [0.15, 0.2) is 54.7 Å². The van der Waals surface area contributed by atoms with E-state index in [1.807, 2.05) is 38.1 Å². The second-order valence-electron chi connectivity index (χ2n) is 7.48. The van der Waals surface area contributed by atoms with Crippen LogP contribution in [0.4, 0.5) is 36.3 Å². The Morgan fingerprint density at radius 2 is 1.72 bits per heavy atom.